The van der Waals surface area contributed by atoms with E-state index in [1.807, 2.05) is 12.3 Å². The summed E-state index contributed by atoms with van der Waals surface area (Å²) in [7, 11) is 0. The highest BCUT2D eigenvalue weighted by Crippen LogP contribution is 2.38. The van der Waals surface area contributed by atoms with Crippen LogP contribution in [0.4, 0.5) is 0 Å². The first-order valence-electron chi connectivity index (χ1n) is 16.4. The molecule has 0 amide bonds. The Balaban J connectivity index is 1.19. The fourth-order valence-corrected chi connectivity index (χ4v) is 7.07. The van der Waals surface area contributed by atoms with Crippen molar-refractivity contribution in [1.82, 2.24) is 24.3 Å². The molecule has 0 aliphatic rings. The smallest absolute Gasteiger partial charge is 0.164 e. The van der Waals surface area contributed by atoms with Crippen LogP contribution in [0.15, 0.2) is 164 Å². The summed E-state index contributed by atoms with van der Waals surface area (Å²) in [5.74, 6) is 1.90. The summed E-state index contributed by atoms with van der Waals surface area (Å²) in [5, 5.41) is 5.81. The highest BCUT2D eigenvalue weighted by molar-refractivity contribution is 6.08. The molecule has 3 aromatic heterocycles. The molecule has 0 unspecified atom stereocenters. The topological polar surface area (TPSA) is 56.0 Å². The molecule has 0 spiro atoms. The predicted molar refractivity (Wildman–Crippen MR) is 200 cm³/mol. The molecule has 0 bridgehead atoms. The van der Waals surface area contributed by atoms with E-state index in [9.17, 15) is 0 Å². The van der Waals surface area contributed by atoms with E-state index in [-0.39, 0.29) is 0 Å². The molecule has 3 heterocycles. The molecule has 5 heteroatoms. The lowest BCUT2D eigenvalue weighted by Crippen LogP contribution is -2.00. The minimum Gasteiger partial charge on any atom is -0.306 e. The van der Waals surface area contributed by atoms with Crippen molar-refractivity contribution in [2.75, 3.05) is 0 Å². The van der Waals surface area contributed by atoms with E-state index < -0.39 is 0 Å². The molecule has 0 N–H and O–H groups in total. The van der Waals surface area contributed by atoms with Gasteiger partial charge in [-0.3, -0.25) is 4.98 Å². The molecule has 0 atom stereocenters. The fourth-order valence-electron chi connectivity index (χ4n) is 7.07. The van der Waals surface area contributed by atoms with Crippen LogP contribution in [0.3, 0.4) is 0 Å². The summed E-state index contributed by atoms with van der Waals surface area (Å²) in [6, 6.07) is 54.9. The lowest BCUT2D eigenvalue weighted by molar-refractivity contribution is 1.08. The van der Waals surface area contributed by atoms with E-state index in [2.05, 4.69) is 156 Å². The lowest BCUT2D eigenvalue weighted by Gasteiger charge is -2.11. The van der Waals surface area contributed by atoms with Crippen LogP contribution in [0.25, 0.3) is 94.3 Å². The molecule has 5 nitrogen and oxygen atoms in total. The zero-order chi connectivity index (χ0) is 32.3. The maximum absolute atomic E-state index is 5.12. The second-order valence-electron chi connectivity index (χ2n) is 12.4. The van der Waals surface area contributed by atoms with Gasteiger partial charge in [0.25, 0.3) is 0 Å². The van der Waals surface area contributed by atoms with Gasteiger partial charge in [-0.05, 0) is 63.5 Å². The molecule has 0 fully saturated rings. The molecule has 0 saturated heterocycles. The molecule has 0 aliphatic heterocycles. The van der Waals surface area contributed by atoms with Crippen LogP contribution in [0.1, 0.15) is 0 Å². The van der Waals surface area contributed by atoms with Gasteiger partial charge in [-0.15, -0.1) is 0 Å². The third-order valence-electron chi connectivity index (χ3n) is 9.42. The SMILES string of the molecule is c1cc(-c2nc(-c3ccc4ccccc4c3)nc(-c3ccc4ccccc4c3)n2)cc(-c2c3ccccc3n3c2cnc2ccccc23)c1. The lowest BCUT2D eigenvalue weighted by atomic mass is 10.0. The van der Waals surface area contributed by atoms with Gasteiger partial charge in [-0.2, -0.15) is 0 Å². The van der Waals surface area contributed by atoms with Crippen LogP contribution in [-0.4, -0.2) is 24.3 Å². The van der Waals surface area contributed by atoms with E-state index in [4.69, 9.17) is 19.9 Å². The average Bonchev–Trinajstić information content (AvgIpc) is 3.52. The Morgan fingerprint density at radius 3 is 1.57 bits per heavy atom. The average molecular weight is 626 g/mol. The molecule has 10 rings (SSSR count). The summed E-state index contributed by atoms with van der Waals surface area (Å²) >= 11 is 0. The number of rotatable bonds is 4. The summed E-state index contributed by atoms with van der Waals surface area (Å²) < 4.78 is 2.32. The molecule has 49 heavy (non-hydrogen) atoms. The molecule has 10 aromatic rings. The fraction of sp³-hybridized carbons (Fsp3) is 0. The number of hydrogen-bond donors (Lipinski definition) is 0. The van der Waals surface area contributed by atoms with Crippen molar-refractivity contribution in [3.8, 4) is 45.3 Å². The van der Waals surface area contributed by atoms with Crippen LogP contribution in [0, 0.1) is 0 Å². The van der Waals surface area contributed by atoms with Crippen molar-refractivity contribution in [2.45, 2.75) is 0 Å². The summed E-state index contributed by atoms with van der Waals surface area (Å²) in [5.41, 5.74) is 9.27. The van der Waals surface area contributed by atoms with Gasteiger partial charge in [-0.25, -0.2) is 15.0 Å². The first-order valence-corrected chi connectivity index (χ1v) is 16.4. The predicted octanol–water partition coefficient (Wildman–Crippen LogP) is 10.8. The van der Waals surface area contributed by atoms with Crippen LogP contribution < -0.4 is 0 Å². The van der Waals surface area contributed by atoms with Gasteiger partial charge in [0.05, 0.1) is 28.3 Å². The van der Waals surface area contributed by atoms with Crippen LogP contribution in [-0.2, 0) is 0 Å². The highest BCUT2D eigenvalue weighted by atomic mass is 15.0. The van der Waals surface area contributed by atoms with E-state index in [1.54, 1.807) is 0 Å². The van der Waals surface area contributed by atoms with E-state index in [1.165, 1.54) is 16.2 Å². The zero-order valence-electron chi connectivity index (χ0n) is 26.3. The second-order valence-corrected chi connectivity index (χ2v) is 12.4. The first kappa shape index (κ1) is 27.4. The number of nitrogens with zero attached hydrogens (tertiary/aromatic N) is 5. The highest BCUT2D eigenvalue weighted by Gasteiger charge is 2.18. The van der Waals surface area contributed by atoms with Crippen molar-refractivity contribution in [1.29, 1.82) is 0 Å². The summed E-state index contributed by atoms with van der Waals surface area (Å²) in [6.07, 6.45) is 1.99. The van der Waals surface area contributed by atoms with Gasteiger partial charge in [0.15, 0.2) is 17.5 Å². The van der Waals surface area contributed by atoms with E-state index >= 15 is 0 Å². The van der Waals surface area contributed by atoms with Crippen molar-refractivity contribution in [2.24, 2.45) is 0 Å². The minimum absolute atomic E-state index is 0.625. The number of benzene rings is 7. The van der Waals surface area contributed by atoms with E-state index in [0.29, 0.717) is 17.5 Å². The zero-order valence-corrected chi connectivity index (χ0v) is 26.3. The Kier molecular flexibility index (Phi) is 6.11. The van der Waals surface area contributed by atoms with Gasteiger partial charge in [-0.1, -0.05) is 121 Å². The summed E-state index contributed by atoms with van der Waals surface area (Å²) in [6.45, 7) is 0. The Morgan fingerprint density at radius 2 is 0.898 bits per heavy atom. The summed E-state index contributed by atoms with van der Waals surface area (Å²) in [4.78, 5) is 20.1. The van der Waals surface area contributed by atoms with Crippen LogP contribution in [0.2, 0.25) is 0 Å². The maximum atomic E-state index is 5.12. The second kappa shape index (κ2) is 10.9. The Hall–Kier alpha value is -6.72. The number of fused-ring (bicyclic) bond motifs is 7. The van der Waals surface area contributed by atoms with Gasteiger partial charge >= 0.3 is 0 Å². The quantitative estimate of drug-likeness (QED) is 0.195. The van der Waals surface area contributed by atoms with Crippen molar-refractivity contribution in [3.63, 3.8) is 0 Å². The third-order valence-corrected chi connectivity index (χ3v) is 9.42. The van der Waals surface area contributed by atoms with Crippen molar-refractivity contribution in [3.05, 3.63) is 164 Å². The molecular formula is C44H27N5. The number of para-hydroxylation sites is 3. The van der Waals surface area contributed by atoms with Crippen molar-refractivity contribution >= 4 is 49.0 Å². The minimum atomic E-state index is 0.625. The first-order chi connectivity index (χ1) is 24.3. The molecular weight excluding hydrogens is 599 g/mol. The molecule has 0 radical (unpaired) electrons. The van der Waals surface area contributed by atoms with Gasteiger partial charge in [0.2, 0.25) is 0 Å². The molecule has 0 aliphatic carbocycles. The Bertz CT molecular complexity index is 2810. The number of hydrogen-bond acceptors (Lipinski definition) is 4. The monoisotopic (exact) mass is 625 g/mol. The Morgan fingerprint density at radius 1 is 0.367 bits per heavy atom. The normalized spacial score (nSPS) is 11.7. The molecule has 0 saturated carbocycles. The van der Waals surface area contributed by atoms with Gasteiger partial charge in [0, 0.05) is 27.6 Å². The van der Waals surface area contributed by atoms with Crippen LogP contribution >= 0.6 is 0 Å². The standard InChI is InChI=1S/C44H27N5/c1-3-12-30-24-34(22-20-28(30)10-1)43-46-42(47-44(48-43)35-23-21-29-11-2-4-13-31(29)25-35)33-15-9-14-32(26-33)41-36-16-5-7-18-38(36)49-39-19-8-6-17-37(39)45-27-40(41)49/h1-27H. The maximum Gasteiger partial charge on any atom is 0.164 e. The van der Waals surface area contributed by atoms with Crippen molar-refractivity contribution < 1.29 is 0 Å². The molecule has 7 aromatic carbocycles. The Labute approximate surface area is 281 Å². The molecule has 228 valence electrons. The third kappa shape index (κ3) is 4.55. The van der Waals surface area contributed by atoms with Gasteiger partial charge < -0.3 is 4.40 Å². The van der Waals surface area contributed by atoms with E-state index in [0.717, 1.165) is 60.7 Å². The van der Waals surface area contributed by atoms with Gasteiger partial charge in [0.1, 0.15) is 0 Å². The number of aromatic nitrogens is 5. The largest absolute Gasteiger partial charge is 0.306 e. The van der Waals surface area contributed by atoms with Crippen LogP contribution in [0.5, 0.6) is 0 Å².